The minimum Gasteiger partial charge on any atom is -0.391 e. The average molecular weight is 215 g/mol. The summed E-state index contributed by atoms with van der Waals surface area (Å²) in [5.74, 6) is 0. The number of halogens is 2. The Morgan fingerprint density at radius 3 is 2.93 bits per heavy atom. The smallest absolute Gasteiger partial charge is 0.265 e. The van der Waals surface area contributed by atoms with Gasteiger partial charge < -0.3 is 5.11 Å². The molecular formula is C9H7F2NOS. The highest BCUT2D eigenvalue weighted by Gasteiger charge is 2.14. The van der Waals surface area contributed by atoms with Crippen molar-refractivity contribution in [1.82, 2.24) is 4.98 Å². The van der Waals surface area contributed by atoms with Gasteiger partial charge in [-0.2, -0.15) is 0 Å². The molecule has 0 saturated carbocycles. The first kappa shape index (κ1) is 9.48. The van der Waals surface area contributed by atoms with Crippen LogP contribution < -0.4 is 0 Å². The van der Waals surface area contributed by atoms with Gasteiger partial charge in [0.1, 0.15) is 0 Å². The fourth-order valence-corrected chi connectivity index (χ4v) is 2.25. The number of alkyl halides is 2. The molecule has 2 aromatic rings. The molecule has 0 spiro atoms. The SMILES string of the molecule is OCc1cc2nccc(C(F)F)c2s1. The van der Waals surface area contributed by atoms with Gasteiger partial charge in [-0.1, -0.05) is 0 Å². The predicted molar refractivity (Wildman–Crippen MR) is 50.5 cm³/mol. The summed E-state index contributed by atoms with van der Waals surface area (Å²) in [6, 6.07) is 2.94. The maximum absolute atomic E-state index is 12.5. The van der Waals surface area contributed by atoms with Gasteiger partial charge in [0.2, 0.25) is 0 Å². The van der Waals surface area contributed by atoms with E-state index in [1.165, 1.54) is 12.3 Å². The predicted octanol–water partition coefficient (Wildman–Crippen LogP) is 2.73. The van der Waals surface area contributed by atoms with Crippen LogP contribution in [-0.2, 0) is 6.61 Å². The molecule has 1 N–H and O–H groups in total. The fraction of sp³-hybridized carbons (Fsp3) is 0.222. The zero-order valence-corrected chi connectivity index (χ0v) is 7.89. The number of aliphatic hydroxyl groups excluding tert-OH is 1. The third kappa shape index (κ3) is 1.49. The fourth-order valence-electron chi connectivity index (χ4n) is 1.26. The summed E-state index contributed by atoms with van der Waals surface area (Å²) in [5.41, 5.74) is 0.511. The van der Waals surface area contributed by atoms with E-state index in [2.05, 4.69) is 4.98 Å². The van der Waals surface area contributed by atoms with Crippen LogP contribution in [0.15, 0.2) is 18.3 Å². The van der Waals surface area contributed by atoms with Crippen molar-refractivity contribution in [2.75, 3.05) is 0 Å². The number of aromatic nitrogens is 1. The van der Waals surface area contributed by atoms with Gasteiger partial charge in [-0.05, 0) is 12.1 Å². The second-order valence-electron chi connectivity index (χ2n) is 2.79. The molecule has 2 aromatic heterocycles. The van der Waals surface area contributed by atoms with E-state index in [4.69, 9.17) is 5.11 Å². The molecule has 0 atom stereocenters. The molecule has 0 aromatic carbocycles. The summed E-state index contributed by atoms with van der Waals surface area (Å²) in [5, 5.41) is 8.86. The van der Waals surface area contributed by atoms with Crippen LogP contribution in [0.2, 0.25) is 0 Å². The lowest BCUT2D eigenvalue weighted by Crippen LogP contribution is -1.84. The maximum atomic E-state index is 12.5. The van der Waals surface area contributed by atoms with Crippen LogP contribution in [-0.4, -0.2) is 10.1 Å². The molecule has 0 bridgehead atoms. The number of aliphatic hydroxyl groups is 1. The average Bonchev–Trinajstić information content (AvgIpc) is 2.59. The Morgan fingerprint density at radius 2 is 2.29 bits per heavy atom. The summed E-state index contributed by atoms with van der Waals surface area (Å²) >= 11 is 1.16. The molecule has 74 valence electrons. The van der Waals surface area contributed by atoms with Crippen LogP contribution in [0.5, 0.6) is 0 Å². The number of nitrogens with zero attached hydrogens (tertiary/aromatic N) is 1. The first-order chi connectivity index (χ1) is 6.72. The first-order valence-electron chi connectivity index (χ1n) is 3.98. The van der Waals surface area contributed by atoms with Gasteiger partial charge in [0.15, 0.2) is 0 Å². The Morgan fingerprint density at radius 1 is 1.50 bits per heavy atom. The van der Waals surface area contributed by atoms with Crippen LogP contribution in [0.4, 0.5) is 8.78 Å². The van der Waals surface area contributed by atoms with Crippen molar-refractivity contribution in [2.24, 2.45) is 0 Å². The molecule has 0 aliphatic carbocycles. The van der Waals surface area contributed by atoms with Gasteiger partial charge in [0.25, 0.3) is 6.43 Å². The summed E-state index contributed by atoms with van der Waals surface area (Å²) < 4.78 is 25.5. The monoisotopic (exact) mass is 215 g/mol. The normalized spacial score (nSPS) is 11.4. The van der Waals surface area contributed by atoms with Crippen LogP contribution in [0.3, 0.4) is 0 Å². The van der Waals surface area contributed by atoms with Crippen LogP contribution in [0, 0.1) is 0 Å². The lowest BCUT2D eigenvalue weighted by Gasteiger charge is -1.98. The Balaban J connectivity index is 2.66. The molecule has 2 heterocycles. The minimum absolute atomic E-state index is 0.0142. The van der Waals surface area contributed by atoms with Gasteiger partial charge in [-0.15, -0.1) is 11.3 Å². The van der Waals surface area contributed by atoms with Crippen molar-refractivity contribution >= 4 is 21.6 Å². The molecule has 0 unspecified atom stereocenters. The molecule has 2 rings (SSSR count). The third-order valence-corrected chi connectivity index (χ3v) is 3.04. The molecule has 0 radical (unpaired) electrons. The Hall–Kier alpha value is -1.07. The standard InChI is InChI=1S/C9H7F2NOS/c10-9(11)6-1-2-12-7-3-5(4-13)14-8(6)7/h1-3,9,13H,4H2. The summed E-state index contributed by atoms with van der Waals surface area (Å²) in [4.78, 5) is 4.61. The lowest BCUT2D eigenvalue weighted by atomic mass is 10.2. The molecule has 0 amide bonds. The van der Waals surface area contributed by atoms with Crippen molar-refractivity contribution in [3.8, 4) is 0 Å². The second-order valence-corrected chi connectivity index (χ2v) is 3.92. The summed E-state index contributed by atoms with van der Waals surface area (Å²) in [6.45, 7) is -0.135. The van der Waals surface area contributed by atoms with Gasteiger partial charge in [0, 0.05) is 16.6 Å². The van der Waals surface area contributed by atoms with E-state index in [-0.39, 0.29) is 12.2 Å². The summed E-state index contributed by atoms with van der Waals surface area (Å²) in [7, 11) is 0. The van der Waals surface area contributed by atoms with Crippen molar-refractivity contribution in [3.05, 3.63) is 28.8 Å². The van der Waals surface area contributed by atoms with Gasteiger partial charge in [0.05, 0.1) is 16.8 Å². The Kier molecular flexibility index (Phi) is 2.43. The van der Waals surface area contributed by atoms with E-state index < -0.39 is 6.43 Å². The zero-order chi connectivity index (χ0) is 10.1. The number of fused-ring (bicyclic) bond motifs is 1. The van der Waals surface area contributed by atoms with E-state index in [9.17, 15) is 8.78 Å². The molecule has 14 heavy (non-hydrogen) atoms. The van der Waals surface area contributed by atoms with Gasteiger partial charge in [-0.25, -0.2) is 8.78 Å². The highest BCUT2D eigenvalue weighted by molar-refractivity contribution is 7.19. The number of hydrogen-bond acceptors (Lipinski definition) is 3. The van der Waals surface area contributed by atoms with Crippen LogP contribution in [0.1, 0.15) is 16.9 Å². The molecule has 0 fully saturated rings. The van der Waals surface area contributed by atoms with Crippen molar-refractivity contribution in [1.29, 1.82) is 0 Å². The van der Waals surface area contributed by atoms with Crippen LogP contribution >= 0.6 is 11.3 Å². The minimum atomic E-state index is -2.49. The second kappa shape index (κ2) is 3.59. The van der Waals surface area contributed by atoms with Crippen LogP contribution in [0.25, 0.3) is 10.2 Å². The quantitative estimate of drug-likeness (QED) is 0.835. The summed E-state index contributed by atoms with van der Waals surface area (Å²) in [6.07, 6.45) is -1.14. The van der Waals surface area contributed by atoms with Gasteiger partial charge >= 0.3 is 0 Å². The highest BCUT2D eigenvalue weighted by atomic mass is 32.1. The van der Waals surface area contributed by atoms with Gasteiger partial charge in [-0.3, -0.25) is 4.98 Å². The van der Waals surface area contributed by atoms with Crippen molar-refractivity contribution < 1.29 is 13.9 Å². The van der Waals surface area contributed by atoms with Crippen molar-refractivity contribution in [2.45, 2.75) is 13.0 Å². The number of pyridine rings is 1. The Labute approximate surface area is 82.8 Å². The third-order valence-electron chi connectivity index (χ3n) is 1.88. The molecule has 2 nitrogen and oxygen atoms in total. The molecule has 0 aliphatic heterocycles. The molecule has 0 aliphatic rings. The molecule has 0 saturated heterocycles. The maximum Gasteiger partial charge on any atom is 0.265 e. The van der Waals surface area contributed by atoms with Crippen molar-refractivity contribution in [3.63, 3.8) is 0 Å². The van der Waals surface area contributed by atoms with E-state index in [0.717, 1.165) is 11.3 Å². The van der Waals surface area contributed by atoms with E-state index in [1.807, 2.05) is 0 Å². The number of hydrogen-bond donors (Lipinski definition) is 1. The number of thiophene rings is 1. The first-order valence-corrected chi connectivity index (χ1v) is 4.80. The lowest BCUT2D eigenvalue weighted by molar-refractivity contribution is 0.153. The highest BCUT2D eigenvalue weighted by Crippen LogP contribution is 2.32. The Bertz CT molecular complexity index is 455. The molecule has 5 heteroatoms. The molecular weight excluding hydrogens is 208 g/mol. The van der Waals surface area contributed by atoms with E-state index >= 15 is 0 Å². The topological polar surface area (TPSA) is 33.1 Å². The van der Waals surface area contributed by atoms with E-state index in [0.29, 0.717) is 15.1 Å². The largest absolute Gasteiger partial charge is 0.391 e. The number of rotatable bonds is 2. The zero-order valence-electron chi connectivity index (χ0n) is 7.08. The van der Waals surface area contributed by atoms with E-state index in [1.54, 1.807) is 6.07 Å².